The number of hydrogen-bond donors (Lipinski definition) is 1. The maximum Gasteiger partial charge on any atom is 0.256 e. The SMILES string of the molecule is COc1ccc(OC)c(C=C2NC(=O)c3ccccc32)c1. The Hall–Kier alpha value is -2.75. The topological polar surface area (TPSA) is 47.6 Å². The van der Waals surface area contributed by atoms with Gasteiger partial charge in [-0.3, -0.25) is 4.79 Å². The van der Waals surface area contributed by atoms with Gasteiger partial charge in [-0.15, -0.1) is 0 Å². The summed E-state index contributed by atoms with van der Waals surface area (Å²) in [6.45, 7) is 0. The Kier molecular flexibility index (Phi) is 3.36. The van der Waals surface area contributed by atoms with E-state index in [0.717, 1.165) is 28.3 Å². The molecule has 106 valence electrons. The van der Waals surface area contributed by atoms with E-state index in [1.165, 1.54) is 0 Å². The fourth-order valence-electron chi connectivity index (χ4n) is 2.39. The average Bonchev–Trinajstić information content (AvgIpc) is 2.84. The van der Waals surface area contributed by atoms with Gasteiger partial charge in [0.25, 0.3) is 5.91 Å². The average molecular weight is 281 g/mol. The van der Waals surface area contributed by atoms with Crippen LogP contribution in [0.1, 0.15) is 21.5 Å². The van der Waals surface area contributed by atoms with Crippen LogP contribution in [0.4, 0.5) is 0 Å². The summed E-state index contributed by atoms with van der Waals surface area (Å²) >= 11 is 0. The number of carbonyl (C=O) groups excluding carboxylic acids is 1. The molecule has 1 aliphatic heterocycles. The number of amides is 1. The summed E-state index contributed by atoms with van der Waals surface area (Å²) in [6, 6.07) is 13.1. The molecule has 4 nitrogen and oxygen atoms in total. The molecule has 4 heteroatoms. The summed E-state index contributed by atoms with van der Waals surface area (Å²) in [7, 11) is 3.23. The first-order chi connectivity index (χ1) is 10.2. The Morgan fingerprint density at radius 2 is 1.76 bits per heavy atom. The molecule has 0 aliphatic carbocycles. The highest BCUT2D eigenvalue weighted by Crippen LogP contribution is 2.30. The van der Waals surface area contributed by atoms with Crippen LogP contribution < -0.4 is 14.8 Å². The highest BCUT2D eigenvalue weighted by Gasteiger charge is 2.23. The van der Waals surface area contributed by atoms with E-state index < -0.39 is 0 Å². The number of hydrogen-bond acceptors (Lipinski definition) is 3. The quantitative estimate of drug-likeness (QED) is 0.941. The number of fused-ring (bicyclic) bond motifs is 1. The molecule has 0 saturated carbocycles. The van der Waals surface area contributed by atoms with Crippen molar-refractivity contribution >= 4 is 17.7 Å². The number of nitrogens with one attached hydrogen (secondary N) is 1. The van der Waals surface area contributed by atoms with E-state index in [1.54, 1.807) is 14.2 Å². The minimum atomic E-state index is -0.0845. The lowest BCUT2D eigenvalue weighted by Gasteiger charge is -2.08. The zero-order valence-electron chi connectivity index (χ0n) is 11.8. The zero-order valence-corrected chi connectivity index (χ0v) is 11.8. The van der Waals surface area contributed by atoms with Gasteiger partial charge in [0.1, 0.15) is 11.5 Å². The first-order valence-corrected chi connectivity index (χ1v) is 6.57. The second-order valence-corrected chi connectivity index (χ2v) is 4.67. The first-order valence-electron chi connectivity index (χ1n) is 6.57. The van der Waals surface area contributed by atoms with Gasteiger partial charge in [0.15, 0.2) is 0 Å². The molecule has 0 atom stereocenters. The van der Waals surface area contributed by atoms with E-state index in [9.17, 15) is 4.79 Å². The molecular formula is C17H15NO3. The Balaban J connectivity index is 2.09. The van der Waals surface area contributed by atoms with Crippen LogP contribution in [0.2, 0.25) is 0 Å². The van der Waals surface area contributed by atoms with E-state index in [-0.39, 0.29) is 5.91 Å². The summed E-state index contributed by atoms with van der Waals surface area (Å²) in [5.74, 6) is 1.38. The van der Waals surface area contributed by atoms with Crippen LogP contribution in [0, 0.1) is 0 Å². The molecule has 0 bridgehead atoms. The molecule has 0 unspecified atom stereocenters. The molecule has 3 rings (SSSR count). The van der Waals surface area contributed by atoms with Crippen molar-refractivity contribution in [1.29, 1.82) is 0 Å². The van der Waals surface area contributed by atoms with Crippen molar-refractivity contribution in [1.82, 2.24) is 5.32 Å². The Morgan fingerprint density at radius 1 is 1.00 bits per heavy atom. The lowest BCUT2D eigenvalue weighted by molar-refractivity contribution is 0.0981. The Labute approximate surface area is 123 Å². The third kappa shape index (κ3) is 2.36. The highest BCUT2D eigenvalue weighted by molar-refractivity contribution is 6.11. The van der Waals surface area contributed by atoms with Crippen LogP contribution >= 0.6 is 0 Å². The van der Waals surface area contributed by atoms with Crippen molar-refractivity contribution in [3.05, 3.63) is 59.2 Å². The standard InChI is InChI=1S/C17H15NO3/c1-20-12-7-8-16(21-2)11(9-12)10-15-13-5-3-4-6-14(13)17(19)18-15/h3-10H,1-2H3,(H,18,19). The minimum absolute atomic E-state index is 0.0845. The maximum absolute atomic E-state index is 11.9. The van der Waals surface area contributed by atoms with Gasteiger partial charge in [0.2, 0.25) is 0 Å². The summed E-state index contributed by atoms with van der Waals surface area (Å²) < 4.78 is 10.6. The molecule has 1 N–H and O–H groups in total. The second kappa shape index (κ2) is 5.32. The largest absolute Gasteiger partial charge is 0.497 e. The van der Waals surface area contributed by atoms with Crippen molar-refractivity contribution in [2.75, 3.05) is 14.2 Å². The Bertz CT molecular complexity index is 735. The van der Waals surface area contributed by atoms with Gasteiger partial charge < -0.3 is 14.8 Å². The van der Waals surface area contributed by atoms with E-state index in [1.807, 2.05) is 48.5 Å². The highest BCUT2D eigenvalue weighted by atomic mass is 16.5. The van der Waals surface area contributed by atoms with Gasteiger partial charge in [0.05, 0.1) is 14.2 Å². The third-order valence-corrected chi connectivity index (χ3v) is 3.45. The van der Waals surface area contributed by atoms with E-state index in [4.69, 9.17) is 9.47 Å². The van der Waals surface area contributed by atoms with Crippen LogP contribution in [0.15, 0.2) is 42.5 Å². The number of methoxy groups -OCH3 is 2. The molecule has 0 fully saturated rings. The minimum Gasteiger partial charge on any atom is -0.497 e. The fraction of sp³-hybridized carbons (Fsp3) is 0.118. The van der Waals surface area contributed by atoms with Gasteiger partial charge in [-0.05, 0) is 30.3 Å². The van der Waals surface area contributed by atoms with Gasteiger partial charge in [0, 0.05) is 22.4 Å². The summed E-state index contributed by atoms with van der Waals surface area (Å²) in [5.41, 5.74) is 3.20. The number of ether oxygens (including phenoxy) is 2. The summed E-state index contributed by atoms with van der Waals surface area (Å²) in [6.07, 6.45) is 1.89. The smallest absolute Gasteiger partial charge is 0.256 e. The molecule has 0 saturated heterocycles. The molecule has 0 radical (unpaired) electrons. The zero-order chi connectivity index (χ0) is 14.8. The second-order valence-electron chi connectivity index (χ2n) is 4.67. The normalized spacial score (nSPS) is 14.8. The molecular weight excluding hydrogens is 266 g/mol. The molecule has 21 heavy (non-hydrogen) atoms. The number of benzene rings is 2. The van der Waals surface area contributed by atoms with Crippen molar-refractivity contribution in [2.45, 2.75) is 0 Å². The Morgan fingerprint density at radius 3 is 2.48 bits per heavy atom. The van der Waals surface area contributed by atoms with Gasteiger partial charge in [-0.2, -0.15) is 0 Å². The molecule has 1 aliphatic rings. The van der Waals surface area contributed by atoms with Crippen LogP contribution in [-0.4, -0.2) is 20.1 Å². The van der Waals surface area contributed by atoms with Crippen LogP contribution in [0.5, 0.6) is 11.5 Å². The lowest BCUT2D eigenvalue weighted by Crippen LogP contribution is -2.11. The molecule has 2 aromatic rings. The van der Waals surface area contributed by atoms with Crippen molar-refractivity contribution < 1.29 is 14.3 Å². The molecule has 0 aromatic heterocycles. The monoisotopic (exact) mass is 281 g/mol. The summed E-state index contributed by atoms with van der Waals surface area (Å²) in [4.78, 5) is 11.9. The predicted octanol–water partition coefficient (Wildman–Crippen LogP) is 2.95. The number of rotatable bonds is 3. The molecule has 2 aromatic carbocycles. The van der Waals surface area contributed by atoms with Crippen LogP contribution in [0.25, 0.3) is 11.8 Å². The van der Waals surface area contributed by atoms with Crippen LogP contribution in [0.3, 0.4) is 0 Å². The fourth-order valence-corrected chi connectivity index (χ4v) is 2.39. The molecule has 1 heterocycles. The van der Waals surface area contributed by atoms with Gasteiger partial charge >= 0.3 is 0 Å². The van der Waals surface area contributed by atoms with Crippen molar-refractivity contribution in [3.8, 4) is 11.5 Å². The number of carbonyl (C=O) groups is 1. The van der Waals surface area contributed by atoms with E-state index >= 15 is 0 Å². The summed E-state index contributed by atoms with van der Waals surface area (Å²) in [5, 5.41) is 2.88. The van der Waals surface area contributed by atoms with E-state index in [2.05, 4.69) is 5.32 Å². The third-order valence-electron chi connectivity index (χ3n) is 3.45. The predicted molar refractivity (Wildman–Crippen MR) is 81.3 cm³/mol. The maximum atomic E-state index is 11.9. The molecule has 0 spiro atoms. The molecule has 1 amide bonds. The van der Waals surface area contributed by atoms with Gasteiger partial charge in [-0.1, -0.05) is 18.2 Å². The lowest BCUT2D eigenvalue weighted by atomic mass is 10.1. The van der Waals surface area contributed by atoms with Crippen molar-refractivity contribution in [3.63, 3.8) is 0 Å². The van der Waals surface area contributed by atoms with Crippen molar-refractivity contribution in [2.24, 2.45) is 0 Å². The van der Waals surface area contributed by atoms with Crippen LogP contribution in [-0.2, 0) is 0 Å². The van der Waals surface area contributed by atoms with E-state index in [0.29, 0.717) is 5.56 Å². The first kappa shape index (κ1) is 13.2. The van der Waals surface area contributed by atoms with Gasteiger partial charge in [-0.25, -0.2) is 0 Å².